The summed E-state index contributed by atoms with van der Waals surface area (Å²) in [5.41, 5.74) is 1.02. The molecule has 0 fully saturated rings. The van der Waals surface area contributed by atoms with Crippen LogP contribution >= 0.6 is 47.8 Å². The molecule has 100 valence electrons. The lowest BCUT2D eigenvalue weighted by Crippen LogP contribution is -1.97. The minimum Gasteiger partial charge on any atom is -0.497 e. The van der Waals surface area contributed by atoms with E-state index in [1.165, 1.54) is 0 Å². The fraction of sp³-hybridized carbons (Fsp3) is 0.167. The maximum atomic E-state index is 5.44. The summed E-state index contributed by atoms with van der Waals surface area (Å²) in [6.07, 6.45) is 3.63. The molecule has 0 bridgehead atoms. The van der Waals surface area contributed by atoms with Gasteiger partial charge in [0.05, 0.1) is 7.11 Å². The summed E-state index contributed by atoms with van der Waals surface area (Å²) in [6.45, 7) is 0. The molecule has 0 amide bonds. The number of alkyl halides is 3. The van der Waals surface area contributed by atoms with Gasteiger partial charge in [-0.05, 0) is 71.6 Å². The second-order valence-electron chi connectivity index (χ2n) is 3.55. The summed E-state index contributed by atoms with van der Waals surface area (Å²) in [6, 6.07) is 7.66. The van der Waals surface area contributed by atoms with Crippen molar-refractivity contribution in [1.29, 1.82) is 0 Å². The van der Waals surface area contributed by atoms with Gasteiger partial charge in [0.2, 0.25) is 8.03 Å². The van der Waals surface area contributed by atoms with Crippen molar-refractivity contribution in [2.24, 2.45) is 0 Å². The van der Waals surface area contributed by atoms with Crippen LogP contribution in [0.1, 0.15) is 17.3 Å². The van der Waals surface area contributed by atoms with Gasteiger partial charge in [0, 0.05) is 6.08 Å². The standard InChI is InChI=1S/C12H9Br3N2O2/c1-18-9-5-2-8(3-6-9)4-7-10-16-17-11(19-10)12(13,14)15/h2-7H,1H3. The number of hydrogen-bond donors (Lipinski definition) is 0. The zero-order valence-electron chi connectivity index (χ0n) is 9.81. The lowest BCUT2D eigenvalue weighted by atomic mass is 10.2. The summed E-state index contributed by atoms with van der Waals surface area (Å²) in [7, 11) is 1.64. The molecule has 4 nitrogen and oxygen atoms in total. The Morgan fingerprint density at radius 2 is 1.79 bits per heavy atom. The monoisotopic (exact) mass is 450 g/mol. The van der Waals surface area contributed by atoms with Crippen molar-refractivity contribution in [1.82, 2.24) is 10.2 Å². The normalized spacial score (nSPS) is 12.0. The van der Waals surface area contributed by atoms with Gasteiger partial charge in [-0.25, -0.2) is 0 Å². The maximum Gasteiger partial charge on any atom is 0.255 e. The fourth-order valence-electron chi connectivity index (χ4n) is 1.30. The van der Waals surface area contributed by atoms with Crippen LogP contribution in [0.25, 0.3) is 12.2 Å². The van der Waals surface area contributed by atoms with Gasteiger partial charge in [-0.15, -0.1) is 10.2 Å². The average molecular weight is 453 g/mol. The van der Waals surface area contributed by atoms with Crippen LogP contribution in [0, 0.1) is 0 Å². The number of nitrogens with zero attached hydrogens (tertiary/aromatic N) is 2. The van der Waals surface area contributed by atoms with Crippen LogP contribution < -0.4 is 4.74 Å². The molecule has 0 atom stereocenters. The fourth-order valence-corrected chi connectivity index (χ4v) is 1.78. The molecule has 0 aliphatic heterocycles. The topological polar surface area (TPSA) is 48.2 Å². The van der Waals surface area contributed by atoms with Crippen molar-refractivity contribution in [3.63, 3.8) is 0 Å². The van der Waals surface area contributed by atoms with E-state index in [1.807, 2.05) is 30.3 Å². The second-order valence-corrected chi connectivity index (χ2v) is 10.3. The molecule has 1 heterocycles. The highest BCUT2D eigenvalue weighted by atomic mass is 80.0. The molecule has 0 N–H and O–H groups in total. The van der Waals surface area contributed by atoms with Gasteiger partial charge < -0.3 is 9.15 Å². The zero-order chi connectivity index (χ0) is 13.9. The molecule has 0 radical (unpaired) electrons. The lowest BCUT2D eigenvalue weighted by Gasteiger charge is -2.03. The van der Waals surface area contributed by atoms with Gasteiger partial charge >= 0.3 is 0 Å². The third-order valence-electron chi connectivity index (χ3n) is 2.22. The Labute approximate surface area is 135 Å². The minimum atomic E-state index is -0.688. The van der Waals surface area contributed by atoms with Gasteiger partial charge in [-0.3, -0.25) is 0 Å². The first-order chi connectivity index (χ1) is 8.99. The van der Waals surface area contributed by atoms with Crippen LogP contribution in [0.4, 0.5) is 0 Å². The Morgan fingerprint density at radius 3 is 2.32 bits per heavy atom. The number of rotatable bonds is 3. The van der Waals surface area contributed by atoms with E-state index >= 15 is 0 Å². The highest BCUT2D eigenvalue weighted by Gasteiger charge is 2.27. The van der Waals surface area contributed by atoms with Crippen molar-refractivity contribution in [2.75, 3.05) is 7.11 Å². The van der Waals surface area contributed by atoms with Gasteiger partial charge in [0.15, 0.2) is 0 Å². The molecule has 0 unspecified atom stereocenters. The van der Waals surface area contributed by atoms with Crippen molar-refractivity contribution in [3.05, 3.63) is 41.6 Å². The van der Waals surface area contributed by atoms with Crippen molar-refractivity contribution in [3.8, 4) is 5.75 Å². The Hall–Kier alpha value is -0.660. The molecular weight excluding hydrogens is 444 g/mol. The van der Waals surface area contributed by atoms with Crippen molar-refractivity contribution < 1.29 is 9.15 Å². The maximum absolute atomic E-state index is 5.44. The molecule has 0 aliphatic carbocycles. The average Bonchev–Trinajstić information content (AvgIpc) is 2.86. The Bertz CT molecular complexity index is 573. The molecule has 2 aromatic rings. The number of ether oxygens (including phenoxy) is 1. The molecule has 1 aromatic heterocycles. The second kappa shape index (κ2) is 6.19. The van der Waals surface area contributed by atoms with Crippen LogP contribution in [-0.4, -0.2) is 17.3 Å². The molecule has 7 heteroatoms. The van der Waals surface area contributed by atoms with E-state index in [2.05, 4.69) is 58.0 Å². The predicted molar refractivity (Wildman–Crippen MR) is 84.7 cm³/mol. The molecule has 0 spiro atoms. The Morgan fingerprint density at radius 1 is 1.11 bits per heavy atom. The van der Waals surface area contributed by atoms with Crippen LogP contribution in [0.2, 0.25) is 0 Å². The summed E-state index contributed by atoms with van der Waals surface area (Å²) in [5.74, 6) is 1.63. The van der Waals surface area contributed by atoms with E-state index in [0.29, 0.717) is 11.8 Å². The predicted octanol–water partition coefficient (Wildman–Crippen LogP) is 4.54. The molecule has 0 aliphatic rings. The molecule has 0 saturated heterocycles. The number of methoxy groups -OCH3 is 1. The Kier molecular flexibility index (Phi) is 4.81. The first-order valence-electron chi connectivity index (χ1n) is 5.22. The smallest absolute Gasteiger partial charge is 0.255 e. The van der Waals surface area contributed by atoms with Crippen LogP contribution in [-0.2, 0) is 2.14 Å². The number of halogens is 3. The lowest BCUT2D eigenvalue weighted by molar-refractivity contribution is 0.415. The van der Waals surface area contributed by atoms with Crippen molar-refractivity contribution in [2.45, 2.75) is 2.14 Å². The highest BCUT2D eigenvalue weighted by molar-refractivity contribution is 9.38. The molecule has 0 saturated carbocycles. The summed E-state index contributed by atoms with van der Waals surface area (Å²) in [5, 5.41) is 7.81. The number of hydrogen-bond acceptors (Lipinski definition) is 4. The van der Waals surface area contributed by atoms with Crippen LogP contribution in [0.5, 0.6) is 5.75 Å². The van der Waals surface area contributed by atoms with E-state index in [0.717, 1.165) is 11.3 Å². The quantitative estimate of drug-likeness (QED) is 0.641. The van der Waals surface area contributed by atoms with E-state index in [9.17, 15) is 0 Å². The van der Waals surface area contributed by atoms with E-state index in [4.69, 9.17) is 9.15 Å². The van der Waals surface area contributed by atoms with Gasteiger partial charge in [-0.1, -0.05) is 12.1 Å². The summed E-state index contributed by atoms with van der Waals surface area (Å²) >= 11 is 9.93. The van der Waals surface area contributed by atoms with E-state index < -0.39 is 2.14 Å². The minimum absolute atomic E-state index is 0.391. The SMILES string of the molecule is COc1ccc(C=Cc2nnc(C(Br)(Br)Br)o2)cc1. The molecular formula is C12H9Br3N2O2. The van der Waals surface area contributed by atoms with Crippen molar-refractivity contribution >= 4 is 59.9 Å². The molecule has 19 heavy (non-hydrogen) atoms. The summed E-state index contributed by atoms with van der Waals surface area (Å²) in [4.78, 5) is 0. The zero-order valence-corrected chi connectivity index (χ0v) is 14.6. The highest BCUT2D eigenvalue weighted by Crippen LogP contribution is 2.43. The van der Waals surface area contributed by atoms with Gasteiger partial charge in [0.1, 0.15) is 5.75 Å². The number of benzene rings is 1. The van der Waals surface area contributed by atoms with Crippen LogP contribution in [0.15, 0.2) is 28.7 Å². The van der Waals surface area contributed by atoms with Gasteiger partial charge in [0.25, 0.3) is 5.89 Å². The molecule has 2 rings (SSSR count). The molecule has 1 aromatic carbocycles. The largest absolute Gasteiger partial charge is 0.497 e. The van der Waals surface area contributed by atoms with E-state index in [1.54, 1.807) is 13.2 Å². The van der Waals surface area contributed by atoms with Gasteiger partial charge in [-0.2, -0.15) is 0 Å². The summed E-state index contributed by atoms with van der Waals surface area (Å²) < 4.78 is 9.84. The Balaban J connectivity index is 2.11. The first kappa shape index (κ1) is 14.7. The third-order valence-corrected chi connectivity index (χ3v) is 3.23. The van der Waals surface area contributed by atoms with E-state index in [-0.39, 0.29) is 0 Å². The first-order valence-corrected chi connectivity index (χ1v) is 7.60. The third kappa shape index (κ3) is 4.15. The number of aromatic nitrogens is 2. The van der Waals surface area contributed by atoms with Crippen LogP contribution in [0.3, 0.4) is 0 Å².